The van der Waals surface area contributed by atoms with E-state index in [0.29, 0.717) is 12.5 Å². The van der Waals surface area contributed by atoms with Gasteiger partial charge in [-0.15, -0.1) is 0 Å². The van der Waals surface area contributed by atoms with E-state index in [9.17, 15) is 4.79 Å². The highest BCUT2D eigenvalue weighted by Crippen LogP contribution is 2.25. The van der Waals surface area contributed by atoms with Crippen molar-refractivity contribution in [3.05, 3.63) is 17.5 Å². The zero-order valence-electron chi connectivity index (χ0n) is 14.0. The van der Waals surface area contributed by atoms with E-state index in [-0.39, 0.29) is 5.91 Å². The number of H-pyrrole nitrogens is 1. The fourth-order valence-electron chi connectivity index (χ4n) is 3.39. The van der Waals surface area contributed by atoms with Crippen molar-refractivity contribution in [2.24, 2.45) is 0 Å². The molecule has 0 saturated carbocycles. The zero-order chi connectivity index (χ0) is 16.1. The zero-order valence-corrected chi connectivity index (χ0v) is 14.0. The molecule has 0 bridgehead atoms. The number of nitrogens with one attached hydrogen (secondary N) is 3. The Morgan fingerprint density at radius 3 is 2.78 bits per heavy atom. The average Bonchev–Trinajstić information content (AvgIpc) is 3.07. The molecule has 2 aliphatic heterocycles. The largest absolute Gasteiger partial charge is 0.351 e. The number of piperidine rings is 1. The number of hydrogen-bond donors (Lipinski definition) is 3. The summed E-state index contributed by atoms with van der Waals surface area (Å²) in [5.41, 5.74) is 1.72. The molecule has 2 fully saturated rings. The predicted molar refractivity (Wildman–Crippen MR) is 89.7 cm³/mol. The quantitative estimate of drug-likeness (QED) is 0.704. The van der Waals surface area contributed by atoms with Crippen LogP contribution >= 0.6 is 0 Å². The van der Waals surface area contributed by atoms with Crippen LogP contribution in [-0.4, -0.2) is 85.3 Å². The minimum atomic E-state index is 0.00131. The third-order valence-electron chi connectivity index (χ3n) is 4.97. The highest BCUT2D eigenvalue weighted by molar-refractivity contribution is 5.95. The van der Waals surface area contributed by atoms with E-state index in [1.807, 2.05) is 0 Å². The second-order valence-electron chi connectivity index (χ2n) is 6.62. The van der Waals surface area contributed by atoms with E-state index < -0.39 is 0 Å². The molecule has 128 valence electrons. The number of aromatic amines is 1. The van der Waals surface area contributed by atoms with Crippen LogP contribution < -0.4 is 10.6 Å². The van der Waals surface area contributed by atoms with E-state index in [1.165, 1.54) is 0 Å². The lowest BCUT2D eigenvalue weighted by Crippen LogP contribution is -2.46. The molecule has 0 aliphatic carbocycles. The minimum absolute atomic E-state index is 0.00131. The highest BCUT2D eigenvalue weighted by Gasteiger charge is 2.23. The van der Waals surface area contributed by atoms with Crippen LogP contribution in [0.2, 0.25) is 0 Å². The number of hydrogen-bond acceptors (Lipinski definition) is 5. The molecule has 7 nitrogen and oxygen atoms in total. The van der Waals surface area contributed by atoms with E-state index in [1.54, 1.807) is 6.20 Å². The van der Waals surface area contributed by atoms with Gasteiger partial charge in [0.2, 0.25) is 0 Å². The van der Waals surface area contributed by atoms with Crippen molar-refractivity contribution in [1.29, 1.82) is 0 Å². The molecule has 1 amide bonds. The lowest BCUT2D eigenvalue weighted by atomic mass is 9.92. The van der Waals surface area contributed by atoms with Crippen molar-refractivity contribution < 1.29 is 4.79 Å². The van der Waals surface area contributed by atoms with Gasteiger partial charge in [0.25, 0.3) is 5.91 Å². The lowest BCUT2D eigenvalue weighted by Gasteiger charge is -2.32. The molecule has 7 heteroatoms. The normalized spacial score (nSPS) is 21.4. The Morgan fingerprint density at radius 1 is 1.30 bits per heavy atom. The summed E-state index contributed by atoms with van der Waals surface area (Å²) in [5.74, 6) is 0.415. The summed E-state index contributed by atoms with van der Waals surface area (Å²) in [7, 11) is 2.15. The molecule has 3 N–H and O–H groups in total. The number of amides is 1. The summed E-state index contributed by atoms with van der Waals surface area (Å²) in [6.45, 7) is 8.00. The van der Waals surface area contributed by atoms with E-state index in [0.717, 1.165) is 69.9 Å². The Kier molecular flexibility index (Phi) is 5.64. The summed E-state index contributed by atoms with van der Waals surface area (Å²) < 4.78 is 0. The maximum Gasteiger partial charge on any atom is 0.254 e. The van der Waals surface area contributed by atoms with Crippen LogP contribution in [0.4, 0.5) is 0 Å². The van der Waals surface area contributed by atoms with Gasteiger partial charge < -0.3 is 15.5 Å². The van der Waals surface area contributed by atoms with Crippen molar-refractivity contribution in [2.75, 3.05) is 59.4 Å². The fraction of sp³-hybridized carbons (Fsp3) is 0.750. The first-order chi connectivity index (χ1) is 11.2. The summed E-state index contributed by atoms with van der Waals surface area (Å²) >= 11 is 0. The first kappa shape index (κ1) is 16.4. The lowest BCUT2D eigenvalue weighted by molar-refractivity contribution is 0.0939. The minimum Gasteiger partial charge on any atom is -0.351 e. The van der Waals surface area contributed by atoms with Crippen LogP contribution in [0.15, 0.2) is 6.20 Å². The smallest absolute Gasteiger partial charge is 0.254 e. The van der Waals surface area contributed by atoms with Gasteiger partial charge in [-0.2, -0.15) is 5.10 Å². The number of piperazine rings is 1. The molecule has 1 aromatic rings. The number of rotatable bonds is 5. The van der Waals surface area contributed by atoms with Gasteiger partial charge in [-0.1, -0.05) is 0 Å². The van der Waals surface area contributed by atoms with E-state index in [2.05, 4.69) is 37.7 Å². The molecule has 3 heterocycles. The van der Waals surface area contributed by atoms with Crippen LogP contribution in [0.25, 0.3) is 0 Å². The van der Waals surface area contributed by atoms with Crippen LogP contribution in [0, 0.1) is 0 Å². The molecule has 0 radical (unpaired) electrons. The van der Waals surface area contributed by atoms with Crippen LogP contribution in [-0.2, 0) is 0 Å². The fourth-order valence-corrected chi connectivity index (χ4v) is 3.39. The van der Waals surface area contributed by atoms with Crippen molar-refractivity contribution >= 4 is 5.91 Å². The van der Waals surface area contributed by atoms with Gasteiger partial charge >= 0.3 is 0 Å². The van der Waals surface area contributed by atoms with Gasteiger partial charge in [0.1, 0.15) is 0 Å². The molecule has 2 aliphatic rings. The van der Waals surface area contributed by atoms with Gasteiger partial charge in [-0.05, 0) is 33.0 Å². The summed E-state index contributed by atoms with van der Waals surface area (Å²) in [6.07, 6.45) is 3.79. The topological polar surface area (TPSA) is 76.3 Å². The number of nitrogens with zero attached hydrogens (tertiary/aromatic N) is 3. The number of aromatic nitrogens is 2. The van der Waals surface area contributed by atoms with Gasteiger partial charge in [0.15, 0.2) is 0 Å². The third kappa shape index (κ3) is 4.31. The second-order valence-corrected chi connectivity index (χ2v) is 6.62. The summed E-state index contributed by atoms with van der Waals surface area (Å²) in [4.78, 5) is 17.2. The molecule has 0 spiro atoms. The Bertz CT molecular complexity index is 502. The van der Waals surface area contributed by atoms with E-state index >= 15 is 0 Å². The first-order valence-corrected chi connectivity index (χ1v) is 8.67. The molecule has 1 aromatic heterocycles. The summed E-state index contributed by atoms with van der Waals surface area (Å²) in [6, 6.07) is 0. The number of carbonyl (C=O) groups excluding carboxylic acids is 1. The third-order valence-corrected chi connectivity index (χ3v) is 4.97. The summed E-state index contributed by atoms with van der Waals surface area (Å²) in [5, 5.41) is 13.6. The van der Waals surface area contributed by atoms with Crippen molar-refractivity contribution in [3.63, 3.8) is 0 Å². The predicted octanol–water partition coefficient (Wildman–Crippen LogP) is -0.146. The molecule has 23 heavy (non-hydrogen) atoms. The second kappa shape index (κ2) is 7.90. The SMILES string of the molecule is CN1CCN(CCNC(=O)c2cn[nH]c2C2CCNCC2)CC1. The first-order valence-electron chi connectivity index (χ1n) is 8.67. The maximum absolute atomic E-state index is 12.4. The molecule has 0 aromatic carbocycles. The van der Waals surface area contributed by atoms with Gasteiger partial charge in [-0.25, -0.2) is 0 Å². The molecular weight excluding hydrogens is 292 g/mol. The Labute approximate surface area is 137 Å². The maximum atomic E-state index is 12.4. The number of carbonyl (C=O) groups is 1. The van der Waals surface area contributed by atoms with Gasteiger partial charge in [-0.3, -0.25) is 14.8 Å². The van der Waals surface area contributed by atoms with Crippen molar-refractivity contribution in [1.82, 2.24) is 30.6 Å². The van der Waals surface area contributed by atoms with Crippen molar-refractivity contribution in [2.45, 2.75) is 18.8 Å². The average molecular weight is 320 g/mol. The van der Waals surface area contributed by atoms with Crippen LogP contribution in [0.3, 0.4) is 0 Å². The Hall–Kier alpha value is -1.44. The van der Waals surface area contributed by atoms with Crippen LogP contribution in [0.5, 0.6) is 0 Å². The Morgan fingerprint density at radius 2 is 2.04 bits per heavy atom. The molecular formula is C16H28N6O. The Balaban J connectivity index is 1.48. The van der Waals surface area contributed by atoms with E-state index in [4.69, 9.17) is 0 Å². The molecule has 2 saturated heterocycles. The standard InChI is InChI=1S/C16H28N6O/c1-21-8-10-22(11-9-21)7-6-18-16(23)14-12-19-20-15(14)13-2-4-17-5-3-13/h12-13,17H,2-11H2,1H3,(H,18,23)(H,19,20). The van der Waals surface area contributed by atoms with Crippen molar-refractivity contribution in [3.8, 4) is 0 Å². The molecule has 0 unspecified atom stereocenters. The highest BCUT2D eigenvalue weighted by atomic mass is 16.1. The van der Waals surface area contributed by atoms with Gasteiger partial charge in [0.05, 0.1) is 17.5 Å². The van der Waals surface area contributed by atoms with Crippen LogP contribution in [0.1, 0.15) is 34.8 Å². The molecule has 0 atom stereocenters. The monoisotopic (exact) mass is 320 g/mol. The van der Waals surface area contributed by atoms with Gasteiger partial charge in [0, 0.05) is 45.2 Å². The molecule has 3 rings (SSSR count). The number of likely N-dealkylation sites (N-methyl/N-ethyl adjacent to an activating group) is 1.